The molecular formula is C12H10N3S2+. The lowest BCUT2D eigenvalue weighted by atomic mass is 10.2. The van der Waals surface area contributed by atoms with Gasteiger partial charge in [-0.3, -0.25) is 0 Å². The molecule has 0 aliphatic rings. The van der Waals surface area contributed by atoms with Crippen LogP contribution in [0.2, 0.25) is 0 Å². The second kappa shape index (κ2) is 4.81. The van der Waals surface area contributed by atoms with Crippen LogP contribution in [-0.2, 0) is 5.75 Å². The Morgan fingerprint density at radius 1 is 1.18 bits per heavy atom. The molecule has 1 aromatic carbocycles. The van der Waals surface area contributed by atoms with Gasteiger partial charge in [-0.1, -0.05) is 51.7 Å². The number of fused-ring (bicyclic) bond motifs is 1. The SMILES string of the molecule is c1ccc(CSc2n[n+]3cccnc3s2)cc1. The highest BCUT2D eigenvalue weighted by Gasteiger charge is 2.11. The molecule has 0 saturated carbocycles. The normalized spacial score (nSPS) is 10.8. The minimum absolute atomic E-state index is 0.933. The fourth-order valence-corrected chi connectivity index (χ4v) is 3.32. The lowest BCUT2D eigenvalue weighted by molar-refractivity contribution is -0.581. The van der Waals surface area contributed by atoms with E-state index in [4.69, 9.17) is 0 Å². The van der Waals surface area contributed by atoms with Gasteiger partial charge in [0.2, 0.25) is 4.34 Å². The summed E-state index contributed by atoms with van der Waals surface area (Å²) < 4.78 is 2.87. The largest absolute Gasteiger partial charge is 0.410 e. The first kappa shape index (κ1) is 10.7. The van der Waals surface area contributed by atoms with Crippen molar-refractivity contribution in [2.75, 3.05) is 0 Å². The van der Waals surface area contributed by atoms with Crippen LogP contribution in [0.1, 0.15) is 5.56 Å². The summed E-state index contributed by atoms with van der Waals surface area (Å²) in [6, 6.07) is 12.3. The highest BCUT2D eigenvalue weighted by molar-refractivity contribution is 8.00. The number of aromatic nitrogens is 3. The van der Waals surface area contributed by atoms with Crippen LogP contribution in [0.5, 0.6) is 0 Å². The first-order chi connectivity index (χ1) is 8.42. The Morgan fingerprint density at radius 2 is 2.06 bits per heavy atom. The molecule has 3 nitrogen and oxygen atoms in total. The maximum Gasteiger partial charge on any atom is 0.410 e. The highest BCUT2D eigenvalue weighted by Crippen LogP contribution is 2.24. The van der Waals surface area contributed by atoms with E-state index < -0.39 is 0 Å². The van der Waals surface area contributed by atoms with Crippen LogP contribution in [0.15, 0.2) is 53.1 Å². The number of hydrogen-bond donors (Lipinski definition) is 0. The number of hydrogen-bond acceptors (Lipinski definition) is 4. The maximum atomic E-state index is 4.46. The topological polar surface area (TPSA) is 29.9 Å². The predicted molar refractivity (Wildman–Crippen MR) is 69.1 cm³/mol. The standard InChI is InChI=1S/C12H10N3S2/c1-2-5-10(6-3-1)9-16-12-14-15-8-4-7-13-11(15)17-12/h1-8H,9H2/q+1. The van der Waals surface area contributed by atoms with Crippen molar-refractivity contribution in [3.05, 3.63) is 54.4 Å². The van der Waals surface area contributed by atoms with Gasteiger partial charge in [0.25, 0.3) is 0 Å². The minimum Gasteiger partial charge on any atom is -0.0901 e. The number of thioether (sulfide) groups is 1. The van der Waals surface area contributed by atoms with Gasteiger partial charge >= 0.3 is 4.96 Å². The molecule has 0 fully saturated rings. The third-order valence-electron chi connectivity index (χ3n) is 2.27. The molecule has 3 aromatic rings. The van der Waals surface area contributed by atoms with E-state index in [-0.39, 0.29) is 0 Å². The molecule has 17 heavy (non-hydrogen) atoms. The average Bonchev–Trinajstić information content (AvgIpc) is 2.80. The quantitative estimate of drug-likeness (QED) is 0.535. The van der Waals surface area contributed by atoms with E-state index in [9.17, 15) is 0 Å². The fourth-order valence-electron chi connectivity index (χ4n) is 1.46. The van der Waals surface area contributed by atoms with Gasteiger partial charge in [0.1, 0.15) is 12.4 Å². The molecule has 2 heterocycles. The molecule has 0 unspecified atom stereocenters. The van der Waals surface area contributed by atoms with Gasteiger partial charge in [0.15, 0.2) is 0 Å². The molecule has 0 saturated heterocycles. The Kier molecular flexibility index (Phi) is 3.02. The van der Waals surface area contributed by atoms with Crippen molar-refractivity contribution < 1.29 is 4.52 Å². The van der Waals surface area contributed by atoms with Crippen molar-refractivity contribution in [1.82, 2.24) is 10.1 Å². The molecule has 0 bridgehead atoms. The fraction of sp³-hybridized carbons (Fsp3) is 0.0833. The smallest absolute Gasteiger partial charge is 0.0901 e. The van der Waals surface area contributed by atoms with Crippen LogP contribution in [0.3, 0.4) is 0 Å². The van der Waals surface area contributed by atoms with E-state index in [2.05, 4.69) is 34.3 Å². The minimum atomic E-state index is 0.933. The monoisotopic (exact) mass is 260 g/mol. The molecule has 0 aliphatic carbocycles. The number of rotatable bonds is 3. The summed E-state index contributed by atoms with van der Waals surface area (Å²) >= 11 is 3.37. The molecule has 5 heteroatoms. The molecule has 0 spiro atoms. The average molecular weight is 260 g/mol. The van der Waals surface area contributed by atoms with Crippen molar-refractivity contribution >= 4 is 28.1 Å². The zero-order valence-corrected chi connectivity index (χ0v) is 10.6. The van der Waals surface area contributed by atoms with Gasteiger partial charge in [-0.2, -0.15) is 0 Å². The van der Waals surface area contributed by atoms with Crippen molar-refractivity contribution in [2.45, 2.75) is 10.1 Å². The lowest BCUT2D eigenvalue weighted by Gasteiger charge is -1.95. The van der Waals surface area contributed by atoms with Crippen LogP contribution < -0.4 is 4.52 Å². The van der Waals surface area contributed by atoms with Crippen LogP contribution in [0, 0.1) is 0 Å². The second-order valence-electron chi connectivity index (χ2n) is 3.49. The number of nitrogens with zero attached hydrogens (tertiary/aromatic N) is 3. The first-order valence-electron chi connectivity index (χ1n) is 5.22. The van der Waals surface area contributed by atoms with E-state index in [1.54, 1.807) is 29.3 Å². The summed E-state index contributed by atoms with van der Waals surface area (Å²) in [6.07, 6.45) is 3.71. The van der Waals surface area contributed by atoms with E-state index >= 15 is 0 Å². The summed E-state index contributed by atoms with van der Waals surface area (Å²) in [5.41, 5.74) is 1.31. The molecule has 0 atom stereocenters. The van der Waals surface area contributed by atoms with E-state index in [0.717, 1.165) is 15.1 Å². The Hall–Kier alpha value is -1.46. The molecule has 84 valence electrons. The molecule has 0 aliphatic heterocycles. The van der Waals surface area contributed by atoms with Crippen LogP contribution in [0.25, 0.3) is 4.96 Å². The zero-order valence-electron chi connectivity index (χ0n) is 8.98. The molecular weight excluding hydrogens is 250 g/mol. The van der Waals surface area contributed by atoms with Crippen molar-refractivity contribution in [1.29, 1.82) is 0 Å². The summed E-state index contributed by atoms with van der Waals surface area (Å²) in [5.74, 6) is 0.946. The second-order valence-corrected chi connectivity index (χ2v) is 5.67. The van der Waals surface area contributed by atoms with Gasteiger partial charge in [0.05, 0.1) is 0 Å². The summed E-state index contributed by atoms with van der Waals surface area (Å²) in [6.45, 7) is 0. The maximum absolute atomic E-state index is 4.46. The van der Waals surface area contributed by atoms with Crippen molar-refractivity contribution in [2.24, 2.45) is 0 Å². The van der Waals surface area contributed by atoms with Crippen LogP contribution in [0.4, 0.5) is 0 Å². The lowest BCUT2D eigenvalue weighted by Crippen LogP contribution is -2.22. The number of benzene rings is 1. The van der Waals surface area contributed by atoms with Gasteiger partial charge in [0, 0.05) is 11.8 Å². The van der Waals surface area contributed by atoms with E-state index in [1.165, 1.54) is 5.56 Å². The van der Waals surface area contributed by atoms with Crippen molar-refractivity contribution in [3.8, 4) is 0 Å². The van der Waals surface area contributed by atoms with Gasteiger partial charge in [-0.25, -0.2) is 0 Å². The predicted octanol–water partition coefficient (Wildman–Crippen LogP) is 2.57. The summed E-state index contributed by atoms with van der Waals surface area (Å²) in [7, 11) is 0. The molecule has 0 N–H and O–H groups in total. The summed E-state index contributed by atoms with van der Waals surface area (Å²) in [4.78, 5) is 5.20. The van der Waals surface area contributed by atoms with Gasteiger partial charge in [-0.05, 0) is 21.9 Å². The van der Waals surface area contributed by atoms with Gasteiger partial charge < -0.3 is 0 Å². The van der Waals surface area contributed by atoms with E-state index in [1.807, 2.05) is 22.8 Å². The van der Waals surface area contributed by atoms with Crippen molar-refractivity contribution in [3.63, 3.8) is 0 Å². The first-order valence-corrected chi connectivity index (χ1v) is 7.02. The third kappa shape index (κ3) is 2.45. The molecule has 2 aromatic heterocycles. The van der Waals surface area contributed by atoms with Crippen LogP contribution >= 0.6 is 23.1 Å². The Labute approximate surface area is 107 Å². The Morgan fingerprint density at radius 3 is 2.88 bits per heavy atom. The Bertz CT molecular complexity index is 589. The van der Waals surface area contributed by atoms with E-state index in [0.29, 0.717) is 0 Å². The molecule has 3 rings (SSSR count). The Balaban J connectivity index is 1.77. The highest BCUT2D eigenvalue weighted by atomic mass is 32.2. The third-order valence-corrected chi connectivity index (χ3v) is 4.41. The van der Waals surface area contributed by atoms with Gasteiger partial charge in [-0.15, -0.1) is 0 Å². The molecule has 0 amide bonds. The summed E-state index contributed by atoms with van der Waals surface area (Å²) in [5, 5.41) is 4.46. The zero-order chi connectivity index (χ0) is 11.5. The molecule has 0 radical (unpaired) electrons. The van der Waals surface area contributed by atoms with Crippen LogP contribution in [-0.4, -0.2) is 10.1 Å².